The molecule has 1 amide bonds. The van der Waals surface area contributed by atoms with Crippen LogP contribution in [0.1, 0.15) is 18.9 Å². The van der Waals surface area contributed by atoms with Crippen LogP contribution in [0.4, 0.5) is 5.82 Å². The Morgan fingerprint density at radius 1 is 1.37 bits per heavy atom. The summed E-state index contributed by atoms with van der Waals surface area (Å²) in [5, 5.41) is 9.66. The van der Waals surface area contributed by atoms with Crippen molar-refractivity contribution in [2.75, 3.05) is 31.1 Å². The average molecular weight is 285 g/mol. The number of rotatable bonds is 2. The second-order valence-corrected chi connectivity index (χ2v) is 4.83. The molecule has 0 aromatic carbocycles. The smallest absolute Gasteiger partial charge is 0.219 e. The van der Waals surface area contributed by atoms with Gasteiger partial charge in [0.25, 0.3) is 0 Å². The lowest BCUT2D eigenvalue weighted by molar-refractivity contribution is -0.128. The molecule has 104 valence electrons. The van der Waals surface area contributed by atoms with Gasteiger partial charge < -0.3 is 14.9 Å². The molecule has 0 atom stereocenters. The lowest BCUT2D eigenvalue weighted by Crippen LogP contribution is -2.34. The number of aliphatic hydroxyl groups is 1. The Hall–Kier alpha value is -1.40. The highest BCUT2D eigenvalue weighted by Crippen LogP contribution is 2.24. The lowest BCUT2D eigenvalue weighted by atomic mass is 10.3. The maximum atomic E-state index is 11.4. The first kappa shape index (κ1) is 14.0. The molecule has 1 aliphatic heterocycles. The number of carbonyl (C=O) groups excluding carboxylic acids is 1. The molecule has 0 radical (unpaired) electrons. The summed E-state index contributed by atoms with van der Waals surface area (Å²) < 4.78 is 0. The van der Waals surface area contributed by atoms with E-state index in [1.165, 1.54) is 6.33 Å². The van der Waals surface area contributed by atoms with E-state index in [4.69, 9.17) is 11.6 Å². The first-order valence-corrected chi connectivity index (χ1v) is 6.62. The zero-order valence-corrected chi connectivity index (χ0v) is 11.6. The SMILES string of the molecule is CC(=O)N1CCCN(c2ncnc(Cl)c2CO)CC1. The zero-order chi connectivity index (χ0) is 13.8. The maximum Gasteiger partial charge on any atom is 0.219 e. The molecule has 1 aromatic heterocycles. The number of hydrogen-bond acceptors (Lipinski definition) is 5. The monoisotopic (exact) mass is 284 g/mol. The molecule has 1 saturated heterocycles. The zero-order valence-electron chi connectivity index (χ0n) is 10.8. The predicted molar refractivity (Wildman–Crippen MR) is 72.0 cm³/mol. The molecule has 19 heavy (non-hydrogen) atoms. The third-order valence-electron chi connectivity index (χ3n) is 3.27. The molecule has 6 nitrogen and oxygen atoms in total. The Bertz CT molecular complexity index is 469. The molecule has 0 spiro atoms. The molecule has 1 N–H and O–H groups in total. The molecule has 1 aromatic rings. The van der Waals surface area contributed by atoms with E-state index in [-0.39, 0.29) is 17.7 Å². The highest BCUT2D eigenvalue weighted by atomic mass is 35.5. The van der Waals surface area contributed by atoms with Crippen LogP contribution >= 0.6 is 11.6 Å². The number of amides is 1. The van der Waals surface area contributed by atoms with Gasteiger partial charge in [-0.15, -0.1) is 0 Å². The highest BCUT2D eigenvalue weighted by Gasteiger charge is 2.20. The van der Waals surface area contributed by atoms with Gasteiger partial charge in [-0.05, 0) is 6.42 Å². The van der Waals surface area contributed by atoms with E-state index in [0.29, 0.717) is 24.5 Å². The topological polar surface area (TPSA) is 69.6 Å². The molecule has 7 heteroatoms. The van der Waals surface area contributed by atoms with Crippen LogP contribution in [0.15, 0.2) is 6.33 Å². The molecule has 0 aliphatic carbocycles. The fourth-order valence-electron chi connectivity index (χ4n) is 2.23. The van der Waals surface area contributed by atoms with Gasteiger partial charge >= 0.3 is 0 Å². The average Bonchev–Trinajstić information content (AvgIpc) is 2.64. The maximum absolute atomic E-state index is 11.4. The highest BCUT2D eigenvalue weighted by molar-refractivity contribution is 6.30. The van der Waals surface area contributed by atoms with Crippen LogP contribution < -0.4 is 4.90 Å². The Labute approximate surface area is 117 Å². The summed E-state index contributed by atoms with van der Waals surface area (Å²) in [5.41, 5.74) is 0.542. The van der Waals surface area contributed by atoms with Crippen LogP contribution in [0.3, 0.4) is 0 Å². The van der Waals surface area contributed by atoms with Crippen LogP contribution in [0.5, 0.6) is 0 Å². The van der Waals surface area contributed by atoms with E-state index < -0.39 is 0 Å². The molecular formula is C12H17ClN4O2. The van der Waals surface area contributed by atoms with Crippen molar-refractivity contribution >= 4 is 23.3 Å². The van der Waals surface area contributed by atoms with Crippen molar-refractivity contribution in [3.05, 3.63) is 17.0 Å². The Kier molecular flexibility index (Phi) is 4.55. The number of hydrogen-bond donors (Lipinski definition) is 1. The number of aliphatic hydroxyl groups excluding tert-OH is 1. The van der Waals surface area contributed by atoms with Crippen molar-refractivity contribution in [2.24, 2.45) is 0 Å². The lowest BCUT2D eigenvalue weighted by Gasteiger charge is -2.24. The Morgan fingerprint density at radius 3 is 2.84 bits per heavy atom. The molecule has 0 bridgehead atoms. The number of halogens is 1. The van der Waals surface area contributed by atoms with E-state index in [2.05, 4.69) is 9.97 Å². The summed E-state index contributed by atoms with van der Waals surface area (Å²) >= 11 is 5.97. The van der Waals surface area contributed by atoms with Gasteiger partial charge in [0, 0.05) is 33.1 Å². The molecule has 0 saturated carbocycles. The number of nitrogens with zero attached hydrogens (tertiary/aromatic N) is 4. The van der Waals surface area contributed by atoms with Gasteiger partial charge in [0.15, 0.2) is 0 Å². The van der Waals surface area contributed by atoms with E-state index in [0.717, 1.165) is 19.5 Å². The van der Waals surface area contributed by atoms with Crippen LogP contribution in [-0.2, 0) is 11.4 Å². The first-order chi connectivity index (χ1) is 9.13. The summed E-state index contributed by atoms with van der Waals surface area (Å²) in [5.74, 6) is 0.748. The second kappa shape index (κ2) is 6.16. The minimum atomic E-state index is -0.193. The van der Waals surface area contributed by atoms with Crippen LogP contribution in [-0.4, -0.2) is 52.1 Å². The summed E-state index contributed by atoms with van der Waals surface area (Å²) in [6.07, 6.45) is 2.26. The van der Waals surface area contributed by atoms with Gasteiger partial charge in [-0.25, -0.2) is 9.97 Å². The van der Waals surface area contributed by atoms with Crippen LogP contribution in [0.25, 0.3) is 0 Å². The second-order valence-electron chi connectivity index (χ2n) is 4.47. The van der Waals surface area contributed by atoms with Crippen LogP contribution in [0, 0.1) is 0 Å². The van der Waals surface area contributed by atoms with Crippen molar-refractivity contribution in [3.63, 3.8) is 0 Å². The normalized spacial score (nSPS) is 16.4. The van der Waals surface area contributed by atoms with Crippen molar-refractivity contribution in [2.45, 2.75) is 20.0 Å². The van der Waals surface area contributed by atoms with Gasteiger partial charge in [-0.2, -0.15) is 0 Å². The fraction of sp³-hybridized carbons (Fsp3) is 0.583. The van der Waals surface area contributed by atoms with Gasteiger partial charge in [0.05, 0.1) is 12.2 Å². The van der Waals surface area contributed by atoms with Crippen molar-refractivity contribution in [1.29, 1.82) is 0 Å². The molecular weight excluding hydrogens is 268 g/mol. The van der Waals surface area contributed by atoms with E-state index in [9.17, 15) is 9.90 Å². The first-order valence-electron chi connectivity index (χ1n) is 6.24. The van der Waals surface area contributed by atoms with E-state index >= 15 is 0 Å². The number of aromatic nitrogens is 2. The van der Waals surface area contributed by atoms with Gasteiger partial charge in [0.1, 0.15) is 17.3 Å². The standard InChI is InChI=1S/C12H17ClN4O2/c1-9(19)16-3-2-4-17(6-5-16)12-10(7-18)11(13)14-8-15-12/h8,18H,2-7H2,1H3. The summed E-state index contributed by atoms with van der Waals surface area (Å²) in [7, 11) is 0. The molecule has 1 aliphatic rings. The van der Waals surface area contributed by atoms with Crippen molar-refractivity contribution < 1.29 is 9.90 Å². The van der Waals surface area contributed by atoms with Gasteiger partial charge in [0.2, 0.25) is 5.91 Å². The summed E-state index contributed by atoms with van der Waals surface area (Å²) in [4.78, 5) is 23.3. The Morgan fingerprint density at radius 2 is 2.16 bits per heavy atom. The van der Waals surface area contributed by atoms with Crippen molar-refractivity contribution in [1.82, 2.24) is 14.9 Å². The van der Waals surface area contributed by atoms with Gasteiger partial charge in [-0.1, -0.05) is 11.6 Å². The van der Waals surface area contributed by atoms with Crippen molar-refractivity contribution in [3.8, 4) is 0 Å². The third-order valence-corrected chi connectivity index (χ3v) is 3.59. The molecule has 0 unspecified atom stereocenters. The summed E-state index contributed by atoms with van der Waals surface area (Å²) in [6, 6.07) is 0. The van der Waals surface area contributed by atoms with Gasteiger partial charge in [-0.3, -0.25) is 4.79 Å². The van der Waals surface area contributed by atoms with E-state index in [1.807, 2.05) is 9.80 Å². The molecule has 2 rings (SSSR count). The fourth-order valence-corrected chi connectivity index (χ4v) is 2.42. The number of anilines is 1. The largest absolute Gasteiger partial charge is 0.391 e. The molecule has 2 heterocycles. The summed E-state index contributed by atoms with van der Waals surface area (Å²) in [6.45, 7) is 4.25. The van der Waals surface area contributed by atoms with Crippen LogP contribution in [0.2, 0.25) is 5.15 Å². The number of carbonyl (C=O) groups is 1. The molecule has 1 fully saturated rings. The minimum Gasteiger partial charge on any atom is -0.391 e. The van der Waals surface area contributed by atoms with E-state index in [1.54, 1.807) is 6.92 Å². The minimum absolute atomic E-state index is 0.0879. The predicted octanol–water partition coefficient (Wildman–Crippen LogP) is 0.681. The quantitative estimate of drug-likeness (QED) is 0.809. The Balaban J connectivity index is 2.18. The third kappa shape index (κ3) is 3.13.